The number of aromatic nitrogens is 1. The Morgan fingerprint density at radius 3 is 1.29 bits per heavy atom. The van der Waals surface area contributed by atoms with Gasteiger partial charge >= 0.3 is 0 Å². The van der Waals surface area contributed by atoms with Crippen LogP contribution in [0.4, 0.5) is 11.4 Å². The minimum absolute atomic E-state index is 0.629. The molecule has 0 bridgehead atoms. The average molecular weight is 646 g/mol. The van der Waals surface area contributed by atoms with Gasteiger partial charge < -0.3 is 4.57 Å². The number of nitrogens with zero attached hydrogens (tertiary/aromatic N) is 3. The third-order valence-electron chi connectivity index (χ3n) is 10.4. The summed E-state index contributed by atoms with van der Waals surface area (Å²) in [5, 5.41) is 10.9. The molecule has 10 aromatic rings. The highest BCUT2D eigenvalue weighted by Crippen LogP contribution is 2.50. The van der Waals surface area contributed by atoms with Crippen LogP contribution in [0, 0.1) is 13.1 Å². The maximum absolute atomic E-state index is 8.16. The number of para-hydroxylation sites is 1. The molecular formula is C48H27N3. The molecule has 234 valence electrons. The number of hydrogen-bond acceptors (Lipinski definition) is 0. The van der Waals surface area contributed by atoms with Gasteiger partial charge in [-0.25, -0.2) is 9.69 Å². The van der Waals surface area contributed by atoms with E-state index < -0.39 is 0 Å². The molecule has 51 heavy (non-hydrogen) atoms. The summed E-state index contributed by atoms with van der Waals surface area (Å²) in [7, 11) is 0. The molecule has 0 aliphatic rings. The minimum atomic E-state index is 0.629. The molecule has 0 atom stereocenters. The monoisotopic (exact) mass is 645 g/mol. The Kier molecular flexibility index (Phi) is 6.31. The Balaban J connectivity index is 1.34. The first kappa shape index (κ1) is 28.8. The van der Waals surface area contributed by atoms with Crippen molar-refractivity contribution >= 4 is 76.3 Å². The summed E-state index contributed by atoms with van der Waals surface area (Å²) < 4.78 is 2.30. The first-order chi connectivity index (χ1) is 25.2. The lowest BCUT2D eigenvalue weighted by molar-refractivity contribution is 1.18. The molecule has 0 amide bonds. The fourth-order valence-corrected chi connectivity index (χ4v) is 8.30. The van der Waals surface area contributed by atoms with Crippen LogP contribution < -0.4 is 0 Å². The van der Waals surface area contributed by atoms with Gasteiger partial charge in [-0.3, -0.25) is 0 Å². The van der Waals surface area contributed by atoms with Gasteiger partial charge in [-0.2, -0.15) is 0 Å². The second kappa shape index (κ2) is 11.2. The smallest absolute Gasteiger partial charge is 0.202 e. The van der Waals surface area contributed by atoms with Gasteiger partial charge in [0.05, 0.1) is 24.2 Å². The predicted molar refractivity (Wildman–Crippen MR) is 214 cm³/mol. The first-order valence-electron chi connectivity index (χ1n) is 17.0. The fourth-order valence-electron chi connectivity index (χ4n) is 8.30. The molecule has 1 heterocycles. The van der Waals surface area contributed by atoms with Crippen molar-refractivity contribution in [2.75, 3.05) is 0 Å². The van der Waals surface area contributed by atoms with Crippen molar-refractivity contribution in [3.05, 3.63) is 187 Å². The van der Waals surface area contributed by atoms with E-state index in [0.717, 1.165) is 60.2 Å². The zero-order valence-electron chi connectivity index (χ0n) is 27.4. The summed E-state index contributed by atoms with van der Waals surface area (Å²) in [6.45, 7) is 15.9. The van der Waals surface area contributed by atoms with Gasteiger partial charge in [-0.05, 0) is 107 Å². The maximum atomic E-state index is 8.16. The molecule has 0 N–H and O–H groups in total. The molecule has 0 radical (unpaired) electrons. The standard InChI is InChI=1S/C48H27N3/c1-49-31-25-27-44-42(29-31)41-28-30(24-26-43(41)51(44)32-14-4-3-5-15-32)45-33-16-6-8-18-35(33)46(36-19-9-7-17-34(36)45)47-37-20-10-12-22-39(37)48(50-2)40-23-13-11-21-38(40)47/h3-29H. The van der Waals surface area contributed by atoms with Gasteiger partial charge in [0.15, 0.2) is 5.69 Å². The molecule has 0 unspecified atom stereocenters. The Morgan fingerprint density at radius 2 is 0.784 bits per heavy atom. The quantitative estimate of drug-likeness (QED) is 0.134. The van der Waals surface area contributed by atoms with Gasteiger partial charge in [-0.15, -0.1) is 0 Å². The highest BCUT2D eigenvalue weighted by atomic mass is 15.0. The summed E-state index contributed by atoms with van der Waals surface area (Å²) in [6.07, 6.45) is 0. The second-order valence-electron chi connectivity index (χ2n) is 13.0. The van der Waals surface area contributed by atoms with Crippen LogP contribution in [0.5, 0.6) is 0 Å². The molecular weight excluding hydrogens is 619 g/mol. The lowest BCUT2D eigenvalue weighted by Gasteiger charge is -2.21. The first-order valence-corrected chi connectivity index (χ1v) is 17.0. The molecule has 3 nitrogen and oxygen atoms in total. The van der Waals surface area contributed by atoms with E-state index >= 15 is 0 Å². The molecule has 0 spiro atoms. The van der Waals surface area contributed by atoms with E-state index in [2.05, 4.69) is 148 Å². The van der Waals surface area contributed by atoms with Crippen LogP contribution in [-0.2, 0) is 0 Å². The number of fused-ring (bicyclic) bond motifs is 7. The van der Waals surface area contributed by atoms with Crippen LogP contribution in [0.1, 0.15) is 0 Å². The van der Waals surface area contributed by atoms with E-state index in [1.807, 2.05) is 30.3 Å². The van der Waals surface area contributed by atoms with Crippen molar-refractivity contribution < 1.29 is 0 Å². The minimum Gasteiger partial charge on any atom is -0.309 e. The van der Waals surface area contributed by atoms with E-state index in [1.54, 1.807) is 0 Å². The highest BCUT2D eigenvalue weighted by Gasteiger charge is 2.22. The third kappa shape index (κ3) is 4.16. The topological polar surface area (TPSA) is 13.7 Å². The summed E-state index contributed by atoms with van der Waals surface area (Å²) >= 11 is 0. The van der Waals surface area contributed by atoms with E-state index in [1.165, 1.54) is 32.7 Å². The van der Waals surface area contributed by atoms with Crippen LogP contribution >= 0.6 is 0 Å². The van der Waals surface area contributed by atoms with Crippen LogP contribution in [0.15, 0.2) is 164 Å². The molecule has 0 aliphatic heterocycles. The molecule has 0 saturated carbocycles. The molecule has 10 rings (SSSR count). The van der Waals surface area contributed by atoms with E-state index in [9.17, 15) is 0 Å². The molecule has 0 saturated heterocycles. The normalized spacial score (nSPS) is 11.5. The number of benzene rings is 9. The summed E-state index contributed by atoms with van der Waals surface area (Å²) in [5.74, 6) is 0. The SMILES string of the molecule is [C-]#[N+]c1ccc2c(c1)c1cc(-c3c4ccccc4c(-c4c5ccccc5c([N+]#[C-])c5ccccc45)c4ccccc34)ccc1n2-c1ccccc1. The van der Waals surface area contributed by atoms with Crippen molar-refractivity contribution in [2.24, 2.45) is 0 Å². The summed E-state index contributed by atoms with van der Waals surface area (Å²) in [6, 6.07) is 57.4. The lowest BCUT2D eigenvalue weighted by atomic mass is 9.82. The van der Waals surface area contributed by atoms with Gasteiger partial charge in [0.25, 0.3) is 0 Å². The van der Waals surface area contributed by atoms with Crippen molar-refractivity contribution in [2.45, 2.75) is 0 Å². The Labute approximate surface area is 294 Å². The van der Waals surface area contributed by atoms with E-state index in [4.69, 9.17) is 13.1 Å². The fraction of sp³-hybridized carbons (Fsp3) is 0. The van der Waals surface area contributed by atoms with Gasteiger partial charge in [0.2, 0.25) is 5.69 Å². The number of hydrogen-bond donors (Lipinski definition) is 0. The lowest BCUT2D eigenvalue weighted by Crippen LogP contribution is -1.94. The van der Waals surface area contributed by atoms with Crippen LogP contribution in [-0.4, -0.2) is 4.57 Å². The van der Waals surface area contributed by atoms with Crippen LogP contribution in [0.2, 0.25) is 0 Å². The molecule has 0 aliphatic carbocycles. The van der Waals surface area contributed by atoms with Crippen molar-refractivity contribution in [1.29, 1.82) is 0 Å². The van der Waals surface area contributed by atoms with Crippen molar-refractivity contribution in [1.82, 2.24) is 4.57 Å². The van der Waals surface area contributed by atoms with Crippen molar-refractivity contribution in [3.8, 4) is 27.9 Å². The Bertz CT molecular complexity index is 3040. The Morgan fingerprint density at radius 1 is 0.353 bits per heavy atom. The summed E-state index contributed by atoms with van der Waals surface area (Å²) in [5.41, 5.74) is 9.23. The van der Waals surface area contributed by atoms with Gasteiger partial charge in [0.1, 0.15) is 0 Å². The third-order valence-corrected chi connectivity index (χ3v) is 10.4. The predicted octanol–water partition coefficient (Wildman–Crippen LogP) is 13.8. The molecule has 1 aromatic heterocycles. The second-order valence-corrected chi connectivity index (χ2v) is 13.0. The van der Waals surface area contributed by atoms with Crippen LogP contribution in [0.25, 0.3) is 103 Å². The summed E-state index contributed by atoms with van der Waals surface area (Å²) in [4.78, 5) is 7.84. The number of rotatable bonds is 3. The van der Waals surface area contributed by atoms with Gasteiger partial charge in [-0.1, -0.05) is 127 Å². The molecule has 9 aromatic carbocycles. The van der Waals surface area contributed by atoms with E-state index in [-0.39, 0.29) is 0 Å². The molecule has 3 heteroatoms. The zero-order valence-corrected chi connectivity index (χ0v) is 27.4. The Hall–Kier alpha value is -7.20. The van der Waals surface area contributed by atoms with Gasteiger partial charge in [0, 0.05) is 11.1 Å². The zero-order chi connectivity index (χ0) is 34.1. The van der Waals surface area contributed by atoms with Crippen LogP contribution in [0.3, 0.4) is 0 Å². The highest BCUT2D eigenvalue weighted by molar-refractivity contribution is 6.30. The van der Waals surface area contributed by atoms with E-state index in [0.29, 0.717) is 11.4 Å². The average Bonchev–Trinajstić information content (AvgIpc) is 3.52. The van der Waals surface area contributed by atoms with Crippen molar-refractivity contribution in [3.63, 3.8) is 0 Å². The largest absolute Gasteiger partial charge is 0.309 e. The molecule has 0 fully saturated rings. The maximum Gasteiger partial charge on any atom is 0.202 e.